The van der Waals surface area contributed by atoms with Crippen LogP contribution in [-0.2, 0) is 14.8 Å². The third-order valence-corrected chi connectivity index (χ3v) is 4.79. The van der Waals surface area contributed by atoms with Gasteiger partial charge in [0.05, 0.1) is 11.7 Å². The number of hydrogen-bond donors (Lipinski definition) is 2. The molecule has 1 aliphatic heterocycles. The van der Waals surface area contributed by atoms with E-state index in [4.69, 9.17) is 17.9 Å². The van der Waals surface area contributed by atoms with E-state index in [0.29, 0.717) is 0 Å². The molecular formula is C14H13N3O4S2. The van der Waals surface area contributed by atoms with Crippen LogP contribution in [0.15, 0.2) is 40.9 Å². The molecule has 23 heavy (non-hydrogen) atoms. The SMILES string of the molecule is [2H]OC1=C(C(=O)N([2H])c2nc([2H])c(C([2H])([2H])[2H])s2)N(C([2H])([2H])[2H])S(=O)(=O)c2c([2H])c([2H])c([2H])c([2H])c21. The van der Waals surface area contributed by atoms with Gasteiger partial charge in [0.25, 0.3) is 17.4 Å². The molecule has 0 radical (unpaired) electrons. The van der Waals surface area contributed by atoms with Crippen LogP contribution < -0.4 is 5.31 Å². The molecule has 1 aliphatic rings. The number of nitrogens with one attached hydrogen (secondary N) is 1. The molecule has 1 aromatic heterocycles. The zero-order valence-electron chi connectivity index (χ0n) is 23.8. The predicted molar refractivity (Wildman–Crippen MR) is 86.4 cm³/mol. The number of aliphatic hydroxyl groups excluding tert-OH is 1. The molecule has 1 aromatic carbocycles. The van der Waals surface area contributed by atoms with Gasteiger partial charge in [-0.3, -0.25) is 14.4 Å². The van der Waals surface area contributed by atoms with E-state index >= 15 is 0 Å². The number of hydrogen-bond acceptors (Lipinski definition) is 6. The van der Waals surface area contributed by atoms with E-state index in [2.05, 4.69) is 10.1 Å². The standard InChI is InChI=1S/C14H13N3O4S2/c1-8-7-15-14(22-8)16-13(19)11-12(18)9-5-3-4-6-10(9)23(20,21)17(11)2/h3-7,18H,1-2H3,(H,15,16,19)/i1D3,2D3,3D,4D,5D,6D,7D/hD2. The molecule has 0 bridgehead atoms. The number of carbonyl (C=O) groups excluding carboxylic acids is 1. The van der Waals surface area contributed by atoms with Crippen molar-refractivity contribution in [2.75, 3.05) is 12.3 Å². The summed E-state index contributed by atoms with van der Waals surface area (Å²) < 4.78 is 126. The summed E-state index contributed by atoms with van der Waals surface area (Å²) >= 11 is 0.196. The number of nitrogens with zero attached hydrogens (tertiary/aromatic N) is 2. The normalized spacial score (nSPS) is 25.2. The Morgan fingerprint density at radius 2 is 2.39 bits per heavy atom. The van der Waals surface area contributed by atoms with Gasteiger partial charge in [-0.25, -0.2) is 13.4 Å². The molecule has 0 unspecified atom stereocenters. The molecular weight excluding hydrogens is 338 g/mol. The van der Waals surface area contributed by atoms with Gasteiger partial charge < -0.3 is 5.11 Å². The van der Waals surface area contributed by atoms with Gasteiger partial charge in [0, 0.05) is 31.8 Å². The van der Waals surface area contributed by atoms with Crippen molar-refractivity contribution >= 4 is 38.2 Å². The summed E-state index contributed by atoms with van der Waals surface area (Å²) in [6.07, 6.45) is -0.825. The van der Waals surface area contributed by atoms with Crippen molar-refractivity contribution < 1.29 is 34.8 Å². The number of carbonyl (C=O) groups is 1. The van der Waals surface area contributed by atoms with E-state index in [-0.39, 0.29) is 16.6 Å². The number of likely N-dealkylation sites (N-methyl/N-ethyl adjacent to an activating group) is 1. The molecule has 0 fully saturated rings. The second-order valence-corrected chi connectivity index (χ2v) is 6.71. The van der Waals surface area contributed by atoms with Gasteiger partial charge >= 0.3 is 0 Å². The number of thiazole rings is 1. The van der Waals surface area contributed by atoms with Crippen molar-refractivity contribution in [3.63, 3.8) is 0 Å². The monoisotopic (exact) mass is 364 g/mol. The van der Waals surface area contributed by atoms with Crippen LogP contribution in [0.3, 0.4) is 0 Å². The Morgan fingerprint density at radius 3 is 3.09 bits per heavy atom. The van der Waals surface area contributed by atoms with Crippen molar-refractivity contribution in [1.82, 2.24) is 9.29 Å². The number of aliphatic hydroxyl groups is 1. The Bertz CT molecular complexity index is 1410. The number of anilines is 1. The number of aromatic nitrogens is 1. The van der Waals surface area contributed by atoms with Crippen LogP contribution in [0.1, 0.15) is 25.5 Å². The highest BCUT2D eigenvalue weighted by atomic mass is 32.2. The van der Waals surface area contributed by atoms with Crippen molar-refractivity contribution in [3.8, 4) is 0 Å². The van der Waals surface area contributed by atoms with Crippen molar-refractivity contribution in [2.24, 2.45) is 0 Å². The minimum absolute atomic E-state index is 0.196. The largest absolute Gasteiger partial charge is 0.505 e. The third-order valence-electron chi connectivity index (χ3n) is 2.64. The van der Waals surface area contributed by atoms with E-state index in [0.717, 1.165) is 0 Å². The van der Waals surface area contributed by atoms with Gasteiger partial charge in [-0.05, 0) is 18.9 Å². The number of sulfonamides is 1. The van der Waals surface area contributed by atoms with Crippen LogP contribution >= 0.6 is 11.3 Å². The molecule has 2 aromatic rings. The minimum Gasteiger partial charge on any atom is -0.505 e. The zero-order valence-corrected chi connectivity index (χ0v) is 12.4. The molecule has 9 heteroatoms. The fourth-order valence-electron chi connectivity index (χ4n) is 1.68. The lowest BCUT2D eigenvalue weighted by Gasteiger charge is -2.28. The van der Waals surface area contributed by atoms with Crippen LogP contribution in [0.4, 0.5) is 5.13 Å². The Balaban J connectivity index is 2.40. The highest BCUT2D eigenvalue weighted by molar-refractivity contribution is 7.89. The average molecular weight is 364 g/mol. The summed E-state index contributed by atoms with van der Waals surface area (Å²) in [4.78, 5) is 14.8. The van der Waals surface area contributed by atoms with Crippen molar-refractivity contribution in [3.05, 3.63) is 46.5 Å². The predicted octanol–water partition coefficient (Wildman–Crippen LogP) is 1.95. The Kier molecular flexibility index (Phi) is 1.46. The van der Waals surface area contributed by atoms with Gasteiger partial charge in [-0.2, -0.15) is 0 Å². The lowest BCUT2D eigenvalue weighted by atomic mass is 10.1. The second kappa shape index (κ2) is 5.36. The first-order valence-electron chi connectivity index (χ1n) is 12.0. The highest BCUT2D eigenvalue weighted by Crippen LogP contribution is 2.34. The maximum Gasteiger partial charge on any atom is 0.293 e. The number of fused-ring (bicyclic) bond motifs is 1. The summed E-state index contributed by atoms with van der Waals surface area (Å²) in [6.45, 7) is -6.58. The van der Waals surface area contributed by atoms with Gasteiger partial charge in [-0.15, -0.1) is 11.3 Å². The molecule has 0 atom stereocenters. The minimum atomic E-state index is -5.45. The summed E-state index contributed by atoms with van der Waals surface area (Å²) in [5, 5.41) is 3.34. The van der Waals surface area contributed by atoms with E-state index in [1.807, 2.05) is 0 Å². The van der Waals surface area contributed by atoms with Crippen LogP contribution in [0.5, 0.6) is 0 Å². The van der Waals surface area contributed by atoms with Crippen molar-refractivity contribution in [1.29, 1.82) is 1.43 Å². The summed E-state index contributed by atoms with van der Waals surface area (Å²) in [5.74, 6) is -3.04. The fraction of sp³-hybridized carbons (Fsp3) is 0.143. The van der Waals surface area contributed by atoms with E-state index in [9.17, 15) is 13.2 Å². The molecule has 0 saturated carbocycles. The van der Waals surface area contributed by atoms with Gasteiger partial charge in [0.1, 0.15) is 0 Å². The Hall–Kier alpha value is -2.39. The zero-order chi connectivity index (χ0) is 27.7. The van der Waals surface area contributed by atoms with E-state index < -0.39 is 96.3 Å². The van der Waals surface area contributed by atoms with Crippen molar-refractivity contribution in [2.45, 2.75) is 11.7 Å². The summed E-state index contributed by atoms with van der Waals surface area (Å²) in [5.41, 5.74) is -2.51. The fourth-order valence-corrected chi connectivity index (χ4v) is 3.34. The van der Waals surface area contributed by atoms with E-state index in [1.54, 1.807) is 0 Å². The summed E-state index contributed by atoms with van der Waals surface area (Å²) in [7, 11) is -5.45. The molecule has 1 amide bonds. The van der Waals surface area contributed by atoms with Crippen LogP contribution in [-0.4, -0.2) is 35.7 Å². The van der Waals surface area contributed by atoms with Gasteiger partial charge in [0.2, 0.25) is 0 Å². The lowest BCUT2D eigenvalue weighted by Crippen LogP contribution is -2.37. The Labute approximate surface area is 155 Å². The molecule has 120 valence electrons. The van der Waals surface area contributed by atoms with Crippen LogP contribution in [0, 0.1) is 6.85 Å². The molecule has 2 N–H and O–H groups in total. The smallest absolute Gasteiger partial charge is 0.293 e. The summed E-state index contributed by atoms with van der Waals surface area (Å²) in [6, 6.07) is -4.29. The van der Waals surface area contributed by atoms with Gasteiger partial charge in [-0.1, -0.05) is 12.1 Å². The third kappa shape index (κ3) is 2.47. The van der Waals surface area contributed by atoms with Crippen LogP contribution in [0.25, 0.3) is 7.19 Å². The highest BCUT2D eigenvalue weighted by Gasteiger charge is 2.37. The number of rotatable bonds is 3. The molecule has 7 nitrogen and oxygen atoms in total. The number of aryl methyl sites for hydroxylation is 1. The average Bonchev–Trinajstić information content (AvgIpc) is 3.14. The molecule has 0 saturated heterocycles. The molecule has 3 rings (SSSR count). The topological polar surface area (TPSA) is 99.6 Å². The number of benzene rings is 1. The first-order chi connectivity index (χ1) is 16.3. The quantitative estimate of drug-likeness (QED) is 0.867. The first-order valence-corrected chi connectivity index (χ1v) is 7.88. The number of amides is 1. The Morgan fingerprint density at radius 1 is 1.57 bits per heavy atom. The maximum absolute atomic E-state index is 13.3. The molecule has 0 aliphatic carbocycles. The lowest BCUT2D eigenvalue weighted by molar-refractivity contribution is -0.113. The molecule has 0 spiro atoms. The van der Waals surface area contributed by atoms with E-state index in [1.165, 1.54) is 0 Å². The maximum atomic E-state index is 13.3. The molecule has 2 heterocycles. The van der Waals surface area contributed by atoms with Gasteiger partial charge in [0.15, 0.2) is 18.0 Å². The first kappa shape index (κ1) is 6.25. The van der Waals surface area contributed by atoms with Crippen LogP contribution in [0.2, 0.25) is 1.41 Å². The second-order valence-electron chi connectivity index (χ2n) is 4.01.